The van der Waals surface area contributed by atoms with Gasteiger partial charge in [-0.25, -0.2) is 23.8 Å². The molecule has 11 heteroatoms. The van der Waals surface area contributed by atoms with Crippen LogP contribution in [0.1, 0.15) is 63.4 Å². The first-order valence-electron chi connectivity index (χ1n) is 11.5. The molecular formula is C24H30ClFN6O3. The van der Waals surface area contributed by atoms with Crippen molar-refractivity contribution < 1.29 is 18.7 Å². The van der Waals surface area contributed by atoms with E-state index in [1.54, 1.807) is 36.4 Å². The van der Waals surface area contributed by atoms with Gasteiger partial charge in [0.25, 0.3) is 0 Å². The van der Waals surface area contributed by atoms with Crippen LogP contribution in [0.4, 0.5) is 15.0 Å². The zero-order valence-electron chi connectivity index (χ0n) is 20.7. The molecule has 1 amide bonds. The van der Waals surface area contributed by atoms with Crippen LogP contribution in [0.15, 0.2) is 12.4 Å². The van der Waals surface area contributed by atoms with Crippen LogP contribution in [0.25, 0.3) is 11.0 Å². The maximum absolute atomic E-state index is 15.4. The first-order valence-corrected chi connectivity index (χ1v) is 11.9. The largest absolute Gasteiger partial charge is 0.493 e. The van der Waals surface area contributed by atoms with E-state index in [1.807, 2.05) is 20.8 Å². The zero-order chi connectivity index (χ0) is 25.7. The average molecular weight is 505 g/mol. The second-order valence-corrected chi connectivity index (χ2v) is 10.1. The lowest BCUT2D eigenvalue weighted by Crippen LogP contribution is -2.50. The highest BCUT2D eigenvalue weighted by molar-refractivity contribution is 6.31. The molecule has 1 saturated heterocycles. The number of nitrogens with two attached hydrogens (primary N) is 1. The molecule has 0 spiro atoms. The fourth-order valence-electron chi connectivity index (χ4n) is 4.34. The van der Waals surface area contributed by atoms with Crippen molar-refractivity contribution >= 4 is 34.5 Å². The van der Waals surface area contributed by atoms with Gasteiger partial charge in [-0.2, -0.15) is 5.10 Å². The summed E-state index contributed by atoms with van der Waals surface area (Å²) >= 11 is 6.37. The number of hydrogen-bond donors (Lipinski definition) is 1. The predicted molar refractivity (Wildman–Crippen MR) is 131 cm³/mol. The molecule has 1 atom stereocenters. The summed E-state index contributed by atoms with van der Waals surface area (Å²) in [5, 5.41) is 5.27. The van der Waals surface area contributed by atoms with Gasteiger partial charge in [-0.1, -0.05) is 11.6 Å². The van der Waals surface area contributed by atoms with Gasteiger partial charge in [-0.3, -0.25) is 0 Å². The third-order valence-electron chi connectivity index (χ3n) is 5.98. The molecule has 4 rings (SSSR count). The number of hydrogen-bond acceptors (Lipinski definition) is 7. The monoisotopic (exact) mass is 504 g/mol. The first-order chi connectivity index (χ1) is 16.4. The van der Waals surface area contributed by atoms with Gasteiger partial charge in [0.15, 0.2) is 5.65 Å². The molecule has 9 nitrogen and oxygen atoms in total. The lowest BCUT2D eigenvalue weighted by atomic mass is 9.88. The van der Waals surface area contributed by atoms with E-state index in [1.165, 1.54) is 6.33 Å². The quantitative estimate of drug-likeness (QED) is 0.529. The number of anilines is 1. The third kappa shape index (κ3) is 4.59. The molecule has 35 heavy (non-hydrogen) atoms. The zero-order valence-corrected chi connectivity index (χ0v) is 21.5. The molecule has 0 bridgehead atoms. The lowest BCUT2D eigenvalue weighted by Gasteiger charge is -2.41. The molecule has 3 heterocycles. The molecular weight excluding hydrogens is 475 g/mol. The Morgan fingerprint density at radius 2 is 2.03 bits per heavy atom. The van der Waals surface area contributed by atoms with Crippen molar-refractivity contribution in [3.8, 4) is 5.75 Å². The van der Waals surface area contributed by atoms with E-state index in [-0.39, 0.29) is 10.9 Å². The van der Waals surface area contributed by atoms with E-state index >= 15 is 4.39 Å². The van der Waals surface area contributed by atoms with E-state index in [4.69, 9.17) is 26.8 Å². The number of amides is 1. The van der Waals surface area contributed by atoms with Gasteiger partial charge in [0.2, 0.25) is 0 Å². The van der Waals surface area contributed by atoms with Crippen molar-refractivity contribution in [1.82, 2.24) is 24.6 Å². The van der Waals surface area contributed by atoms with Crippen LogP contribution in [-0.2, 0) is 4.74 Å². The molecule has 2 N–H and O–H groups in total. The second-order valence-electron chi connectivity index (χ2n) is 9.68. The summed E-state index contributed by atoms with van der Waals surface area (Å²) < 4.78 is 28.5. The minimum Gasteiger partial charge on any atom is -0.493 e. The second kappa shape index (κ2) is 9.14. The van der Waals surface area contributed by atoms with Crippen LogP contribution in [0.2, 0.25) is 5.02 Å². The van der Waals surface area contributed by atoms with Crippen molar-refractivity contribution in [2.75, 3.05) is 25.4 Å². The van der Waals surface area contributed by atoms with Gasteiger partial charge in [0.1, 0.15) is 29.3 Å². The van der Waals surface area contributed by atoms with Gasteiger partial charge in [-0.05, 0) is 47.6 Å². The number of rotatable bonds is 5. The number of benzene rings is 1. The molecule has 1 aliphatic heterocycles. The maximum Gasteiger partial charge on any atom is 0.410 e. The molecule has 1 aromatic carbocycles. The molecule has 188 valence electrons. The highest BCUT2D eigenvalue weighted by atomic mass is 35.5. The van der Waals surface area contributed by atoms with E-state index < -0.39 is 23.6 Å². The van der Waals surface area contributed by atoms with Crippen molar-refractivity contribution in [3.05, 3.63) is 40.1 Å². The van der Waals surface area contributed by atoms with Gasteiger partial charge in [0.05, 0.1) is 28.8 Å². The number of aromatic nitrogens is 4. The number of aryl methyl sites for hydroxylation is 1. The first kappa shape index (κ1) is 25.0. The van der Waals surface area contributed by atoms with E-state index in [0.717, 1.165) is 0 Å². The molecule has 1 fully saturated rings. The van der Waals surface area contributed by atoms with Gasteiger partial charge in [0, 0.05) is 30.1 Å². The van der Waals surface area contributed by atoms with Crippen LogP contribution in [-0.4, -0.2) is 56.0 Å². The van der Waals surface area contributed by atoms with Crippen LogP contribution in [0.5, 0.6) is 5.75 Å². The third-order valence-corrected chi connectivity index (χ3v) is 6.25. The van der Waals surface area contributed by atoms with Gasteiger partial charge < -0.3 is 20.1 Å². The number of halogens is 2. The minimum atomic E-state index is -0.611. The molecule has 0 unspecified atom stereocenters. The summed E-state index contributed by atoms with van der Waals surface area (Å²) in [6.45, 7) is 11.9. The number of nitrogens with zero attached hydrogens (tertiary/aromatic N) is 5. The van der Waals surface area contributed by atoms with Crippen molar-refractivity contribution in [2.24, 2.45) is 0 Å². The summed E-state index contributed by atoms with van der Waals surface area (Å²) in [6.07, 6.45) is 0.951. The number of carbonyl (C=O) groups is 1. The summed E-state index contributed by atoms with van der Waals surface area (Å²) in [4.78, 5) is 22.4. The van der Waals surface area contributed by atoms with Gasteiger partial charge in [-0.15, -0.1) is 0 Å². The number of ether oxygens (including phenoxy) is 2. The Hall–Kier alpha value is -3.14. The summed E-state index contributed by atoms with van der Waals surface area (Å²) in [7, 11) is 0. The molecule has 3 aromatic rings. The highest BCUT2D eigenvalue weighted by Crippen LogP contribution is 2.44. The van der Waals surface area contributed by atoms with Crippen LogP contribution < -0.4 is 10.5 Å². The predicted octanol–water partition coefficient (Wildman–Crippen LogP) is 4.85. The minimum absolute atomic E-state index is 0.0247. The molecule has 0 saturated carbocycles. The van der Waals surface area contributed by atoms with Crippen molar-refractivity contribution in [1.29, 1.82) is 0 Å². The van der Waals surface area contributed by atoms with Crippen molar-refractivity contribution in [3.63, 3.8) is 0 Å². The van der Waals surface area contributed by atoms with Crippen LogP contribution in [0.3, 0.4) is 0 Å². The Labute approximate surface area is 208 Å². The Morgan fingerprint density at radius 1 is 1.34 bits per heavy atom. The Morgan fingerprint density at radius 3 is 2.66 bits per heavy atom. The van der Waals surface area contributed by atoms with E-state index in [9.17, 15) is 4.79 Å². The number of likely N-dealkylation sites (tertiary alicyclic amines) is 1. The average Bonchev–Trinajstić information content (AvgIpc) is 3.07. The summed E-state index contributed by atoms with van der Waals surface area (Å²) in [5.41, 5.74) is 7.70. The standard InChI is InChI=1S/C24H30ClFN6O3/c1-7-34-20-15(13(3)32-22-17(12(2)30-32)21(27)28-11-29-22)8-16(25)19(26)18(20)14-9-31(10-14)23(33)35-24(4,5)6/h8,11,13-14H,7,9-10H2,1-6H3,(H2,27,28,29)/t13-/m0/s1. The summed E-state index contributed by atoms with van der Waals surface area (Å²) in [6, 6.07) is 1.16. The number of nitrogen functional groups attached to an aromatic ring is 1. The number of carbonyl (C=O) groups excluding carboxylic acids is 1. The molecule has 2 aromatic heterocycles. The molecule has 0 aliphatic carbocycles. The fourth-order valence-corrected chi connectivity index (χ4v) is 4.56. The highest BCUT2D eigenvalue weighted by Gasteiger charge is 2.39. The lowest BCUT2D eigenvalue weighted by molar-refractivity contribution is 0.00764. The van der Waals surface area contributed by atoms with Crippen LogP contribution >= 0.6 is 11.6 Å². The van der Waals surface area contributed by atoms with E-state index in [0.29, 0.717) is 59.1 Å². The van der Waals surface area contributed by atoms with Gasteiger partial charge >= 0.3 is 6.09 Å². The number of fused-ring (bicyclic) bond motifs is 1. The maximum atomic E-state index is 15.4. The topological polar surface area (TPSA) is 108 Å². The Kier molecular flexibility index (Phi) is 6.52. The molecule has 1 aliphatic rings. The van der Waals surface area contributed by atoms with Crippen molar-refractivity contribution in [2.45, 2.75) is 59.1 Å². The van der Waals surface area contributed by atoms with Crippen LogP contribution in [0, 0.1) is 12.7 Å². The summed E-state index contributed by atoms with van der Waals surface area (Å²) in [5.74, 6) is -0.0969. The Bertz CT molecular complexity index is 1280. The van der Waals surface area contributed by atoms with E-state index in [2.05, 4.69) is 15.1 Å². The normalized spacial score (nSPS) is 15.3. The smallest absolute Gasteiger partial charge is 0.410 e. The Balaban J connectivity index is 1.74. The molecule has 0 radical (unpaired) electrons. The SMILES string of the molecule is CCOc1c([C@H](C)n2nc(C)c3c(N)ncnc32)cc(Cl)c(F)c1C1CN(C(=O)OC(C)(C)C)C1. The fraction of sp³-hybridized carbons (Fsp3) is 0.500.